The zero-order chi connectivity index (χ0) is 18.1. The van der Waals surface area contributed by atoms with Crippen LogP contribution in [0.5, 0.6) is 0 Å². The summed E-state index contributed by atoms with van der Waals surface area (Å²) in [6.45, 7) is 4.69. The minimum atomic E-state index is 0. The normalized spacial score (nSPS) is 12.8. The summed E-state index contributed by atoms with van der Waals surface area (Å²) in [7, 11) is 6.95. The Morgan fingerprint density at radius 1 is 0.520 bits per heavy atom. The van der Waals surface area contributed by atoms with Gasteiger partial charge in [-0.2, -0.15) is 0 Å². The van der Waals surface area contributed by atoms with Crippen molar-refractivity contribution in [3.8, 4) is 0 Å². The molecule has 0 spiro atoms. The van der Waals surface area contributed by atoms with Crippen molar-refractivity contribution >= 4 is 0 Å². The molecule has 25 heavy (non-hydrogen) atoms. The summed E-state index contributed by atoms with van der Waals surface area (Å²) in [4.78, 5) is 0. The van der Waals surface area contributed by atoms with Crippen molar-refractivity contribution in [2.75, 3.05) is 21.1 Å². The van der Waals surface area contributed by atoms with E-state index >= 15 is 0 Å². The van der Waals surface area contributed by atoms with E-state index in [-0.39, 0.29) is 12.4 Å². The highest BCUT2D eigenvalue weighted by atomic mass is 35.5. The largest absolute Gasteiger partial charge is 1.00 e. The van der Waals surface area contributed by atoms with Gasteiger partial charge < -0.3 is 16.9 Å². The van der Waals surface area contributed by atoms with Crippen LogP contribution in [0.15, 0.2) is 0 Å². The molecule has 0 aliphatic rings. The molecule has 0 radical (unpaired) electrons. The van der Waals surface area contributed by atoms with Crippen LogP contribution in [0.3, 0.4) is 0 Å². The van der Waals surface area contributed by atoms with Gasteiger partial charge in [0.1, 0.15) is 0 Å². The van der Waals surface area contributed by atoms with Crippen LogP contribution in [-0.2, 0) is 0 Å². The predicted octanol–water partition coefficient (Wildman–Crippen LogP) is 4.74. The third-order valence-corrected chi connectivity index (χ3v) is 5.80. The minimum absolute atomic E-state index is 0. The maximum atomic E-state index is 2.39. The molecule has 0 saturated heterocycles. The standard InChI is InChI=1S/C23H50N.ClH/c1-6-7-8-9-10-11-12-13-14-15-16-17-18-19-20-21-22-23(2)24(3,4)5;/h23H,6-22H2,1-5H3;1H/q+1;/p-1. The van der Waals surface area contributed by atoms with Crippen molar-refractivity contribution in [2.24, 2.45) is 0 Å². The fraction of sp³-hybridized carbons (Fsp3) is 1.00. The fourth-order valence-electron chi connectivity index (χ4n) is 3.38. The molecule has 0 N–H and O–H groups in total. The molecule has 1 nitrogen and oxygen atoms in total. The van der Waals surface area contributed by atoms with E-state index in [9.17, 15) is 0 Å². The summed E-state index contributed by atoms with van der Waals surface area (Å²) in [5.41, 5.74) is 0. The molecule has 1 atom stereocenters. The van der Waals surface area contributed by atoms with Gasteiger partial charge in [-0.15, -0.1) is 0 Å². The van der Waals surface area contributed by atoms with Crippen LogP contribution in [0, 0.1) is 0 Å². The second kappa shape index (κ2) is 19.0. The van der Waals surface area contributed by atoms with Gasteiger partial charge in [-0.25, -0.2) is 0 Å². The molecule has 2 heteroatoms. The lowest BCUT2D eigenvalue weighted by Crippen LogP contribution is -3.00. The van der Waals surface area contributed by atoms with Crippen LogP contribution in [0.2, 0.25) is 0 Å². The SMILES string of the molecule is CCCCCCCCCCCCCCCCCCC(C)[N+](C)(C)C.[Cl-]. The highest BCUT2D eigenvalue weighted by Crippen LogP contribution is 2.15. The Balaban J connectivity index is 0. The number of hydrogen-bond acceptors (Lipinski definition) is 0. The van der Waals surface area contributed by atoms with Crippen molar-refractivity contribution < 1.29 is 16.9 Å². The van der Waals surface area contributed by atoms with Gasteiger partial charge in [0.2, 0.25) is 0 Å². The second-order valence-corrected chi connectivity index (χ2v) is 9.06. The van der Waals surface area contributed by atoms with E-state index in [4.69, 9.17) is 0 Å². The quantitative estimate of drug-likeness (QED) is 0.240. The highest BCUT2D eigenvalue weighted by Gasteiger charge is 2.16. The third-order valence-electron chi connectivity index (χ3n) is 5.80. The lowest BCUT2D eigenvalue weighted by atomic mass is 10.0. The molecule has 0 aliphatic carbocycles. The van der Waals surface area contributed by atoms with Gasteiger partial charge in [0.05, 0.1) is 27.2 Å². The number of hydrogen-bond donors (Lipinski definition) is 0. The molecule has 154 valence electrons. The van der Waals surface area contributed by atoms with Crippen LogP contribution in [0.25, 0.3) is 0 Å². The lowest BCUT2D eigenvalue weighted by molar-refractivity contribution is -0.894. The molecule has 0 aromatic carbocycles. The Morgan fingerprint density at radius 3 is 1.08 bits per heavy atom. The molecule has 0 fully saturated rings. The monoisotopic (exact) mass is 375 g/mol. The van der Waals surface area contributed by atoms with Crippen molar-refractivity contribution in [3.05, 3.63) is 0 Å². The van der Waals surface area contributed by atoms with E-state index in [0.717, 1.165) is 10.5 Å². The molecular formula is C23H50ClN. The summed E-state index contributed by atoms with van der Waals surface area (Å²) in [5, 5.41) is 0. The summed E-state index contributed by atoms with van der Waals surface area (Å²) >= 11 is 0. The number of halogens is 1. The zero-order valence-corrected chi connectivity index (χ0v) is 19.2. The van der Waals surface area contributed by atoms with Crippen molar-refractivity contribution in [1.29, 1.82) is 0 Å². The minimum Gasteiger partial charge on any atom is -1.00 e. The molecule has 0 saturated carbocycles. The first kappa shape index (κ1) is 27.5. The van der Waals surface area contributed by atoms with Crippen LogP contribution in [-0.4, -0.2) is 31.7 Å². The van der Waals surface area contributed by atoms with Crippen molar-refractivity contribution in [3.63, 3.8) is 0 Å². The number of nitrogens with zero attached hydrogens (tertiary/aromatic N) is 1. The van der Waals surface area contributed by atoms with Gasteiger partial charge in [0.25, 0.3) is 0 Å². The summed E-state index contributed by atoms with van der Waals surface area (Å²) in [6.07, 6.45) is 24.8. The van der Waals surface area contributed by atoms with Gasteiger partial charge in [-0.05, 0) is 19.8 Å². The third kappa shape index (κ3) is 20.4. The maximum Gasteiger partial charge on any atom is 0.0855 e. The molecule has 0 aliphatic heterocycles. The molecule has 0 rings (SSSR count). The Morgan fingerprint density at radius 2 is 0.800 bits per heavy atom. The zero-order valence-electron chi connectivity index (χ0n) is 18.4. The van der Waals surface area contributed by atoms with Crippen LogP contribution >= 0.6 is 0 Å². The Hall–Kier alpha value is 0.250. The average Bonchev–Trinajstić information content (AvgIpc) is 2.53. The predicted molar refractivity (Wildman–Crippen MR) is 112 cm³/mol. The molecule has 0 amide bonds. The summed E-state index contributed by atoms with van der Waals surface area (Å²) in [5.74, 6) is 0. The molecule has 1 unspecified atom stereocenters. The first-order chi connectivity index (χ1) is 11.5. The molecule has 0 heterocycles. The maximum absolute atomic E-state index is 2.39. The smallest absolute Gasteiger partial charge is 0.0855 e. The van der Waals surface area contributed by atoms with Crippen LogP contribution < -0.4 is 12.4 Å². The lowest BCUT2D eigenvalue weighted by Gasteiger charge is -2.31. The fourth-order valence-corrected chi connectivity index (χ4v) is 3.38. The van der Waals surface area contributed by atoms with Gasteiger partial charge in [-0.3, -0.25) is 0 Å². The van der Waals surface area contributed by atoms with E-state index in [1.165, 1.54) is 109 Å². The molecule has 0 aromatic heterocycles. The Bertz CT molecular complexity index is 247. The number of unbranched alkanes of at least 4 members (excludes halogenated alkanes) is 15. The molecule has 0 aromatic rings. The van der Waals surface area contributed by atoms with E-state index in [1.807, 2.05) is 0 Å². The Kier molecular flexibility index (Phi) is 20.9. The topological polar surface area (TPSA) is 0 Å². The van der Waals surface area contributed by atoms with Gasteiger partial charge in [0, 0.05) is 0 Å². The van der Waals surface area contributed by atoms with Gasteiger partial charge in [-0.1, -0.05) is 103 Å². The molecule has 0 bridgehead atoms. The highest BCUT2D eigenvalue weighted by molar-refractivity contribution is 4.53. The first-order valence-electron chi connectivity index (χ1n) is 11.3. The van der Waals surface area contributed by atoms with Gasteiger partial charge in [0.15, 0.2) is 0 Å². The van der Waals surface area contributed by atoms with E-state index in [0.29, 0.717) is 0 Å². The number of quaternary nitrogens is 1. The Labute approximate surface area is 167 Å². The second-order valence-electron chi connectivity index (χ2n) is 9.06. The first-order valence-corrected chi connectivity index (χ1v) is 11.3. The van der Waals surface area contributed by atoms with E-state index in [1.54, 1.807) is 0 Å². The van der Waals surface area contributed by atoms with Gasteiger partial charge >= 0.3 is 0 Å². The van der Waals surface area contributed by atoms with Crippen molar-refractivity contribution in [2.45, 2.75) is 129 Å². The summed E-state index contributed by atoms with van der Waals surface area (Å²) in [6, 6.07) is 0.802. The summed E-state index contributed by atoms with van der Waals surface area (Å²) < 4.78 is 1.11. The van der Waals surface area contributed by atoms with E-state index < -0.39 is 0 Å². The van der Waals surface area contributed by atoms with E-state index in [2.05, 4.69) is 35.0 Å². The number of rotatable bonds is 18. The molecular weight excluding hydrogens is 326 g/mol. The van der Waals surface area contributed by atoms with Crippen molar-refractivity contribution in [1.82, 2.24) is 0 Å². The van der Waals surface area contributed by atoms with Crippen LogP contribution in [0.4, 0.5) is 0 Å². The van der Waals surface area contributed by atoms with Crippen LogP contribution in [0.1, 0.15) is 123 Å². The average molecular weight is 376 g/mol.